The molecule has 0 aliphatic carbocycles. The van der Waals surface area contributed by atoms with Crippen molar-refractivity contribution in [1.29, 1.82) is 0 Å². The molecule has 0 radical (unpaired) electrons. The molecular weight excluding hydrogens is 294 g/mol. The molecule has 0 aliphatic rings. The predicted molar refractivity (Wildman–Crippen MR) is 80.0 cm³/mol. The molecule has 108 valence electrons. The number of aliphatic hydroxyl groups is 1. The Morgan fingerprint density at radius 2 is 1.95 bits per heavy atom. The van der Waals surface area contributed by atoms with Gasteiger partial charge in [-0.1, -0.05) is 24.3 Å². The fourth-order valence-electron chi connectivity index (χ4n) is 1.96. The van der Waals surface area contributed by atoms with E-state index in [-0.39, 0.29) is 17.5 Å². The first-order valence-corrected chi connectivity index (χ1v) is 8.50. The predicted octanol–water partition coefficient (Wildman–Crippen LogP) is 2.62. The van der Waals surface area contributed by atoms with E-state index in [9.17, 15) is 13.5 Å². The van der Waals surface area contributed by atoms with Crippen LogP contribution in [0.2, 0.25) is 0 Å². The first-order valence-electron chi connectivity index (χ1n) is 6.18. The highest BCUT2D eigenvalue weighted by molar-refractivity contribution is 7.89. The Hall–Kier alpha value is -1.21. The molecule has 2 aromatic rings. The second kappa shape index (κ2) is 6.05. The Balaban J connectivity index is 2.39. The summed E-state index contributed by atoms with van der Waals surface area (Å²) in [6.07, 6.45) is 0. The van der Waals surface area contributed by atoms with E-state index in [0.717, 1.165) is 4.88 Å². The van der Waals surface area contributed by atoms with Gasteiger partial charge in [-0.25, -0.2) is 8.42 Å². The van der Waals surface area contributed by atoms with Gasteiger partial charge in [-0.05, 0) is 30.0 Å². The highest BCUT2D eigenvalue weighted by Gasteiger charge is 2.28. The number of benzene rings is 1. The Bertz CT molecular complexity index is 665. The second-order valence-corrected chi connectivity index (χ2v) is 7.42. The normalized spacial score (nSPS) is 13.6. The summed E-state index contributed by atoms with van der Waals surface area (Å²) in [6.45, 7) is 1.56. The molecule has 1 N–H and O–H groups in total. The van der Waals surface area contributed by atoms with Crippen LogP contribution in [0.4, 0.5) is 0 Å². The van der Waals surface area contributed by atoms with Crippen molar-refractivity contribution in [3.63, 3.8) is 0 Å². The summed E-state index contributed by atoms with van der Waals surface area (Å²) in [5.74, 6) is 0. The lowest BCUT2D eigenvalue weighted by Crippen LogP contribution is -2.30. The molecule has 0 spiro atoms. The maximum atomic E-state index is 12.7. The second-order valence-electron chi connectivity index (χ2n) is 4.48. The number of thiophene rings is 1. The van der Waals surface area contributed by atoms with E-state index < -0.39 is 10.0 Å². The van der Waals surface area contributed by atoms with Crippen molar-refractivity contribution in [3.05, 3.63) is 52.2 Å². The lowest BCUT2D eigenvalue weighted by molar-refractivity contribution is 0.278. The highest BCUT2D eigenvalue weighted by Crippen LogP contribution is 2.29. The fraction of sp³-hybridized carbons (Fsp3) is 0.286. The lowest BCUT2D eigenvalue weighted by atomic mass is 10.2. The summed E-state index contributed by atoms with van der Waals surface area (Å²) in [7, 11) is -2.06. The number of aliphatic hydroxyl groups excluding tert-OH is 1. The summed E-state index contributed by atoms with van der Waals surface area (Å²) >= 11 is 1.53. The zero-order valence-electron chi connectivity index (χ0n) is 11.4. The SMILES string of the molecule is CC(c1cccs1)N(C)S(=O)(=O)c1ccccc1CO. The van der Waals surface area contributed by atoms with Crippen molar-refractivity contribution in [2.24, 2.45) is 0 Å². The Kier molecular flexibility index (Phi) is 4.59. The van der Waals surface area contributed by atoms with E-state index in [2.05, 4.69) is 0 Å². The summed E-state index contributed by atoms with van der Waals surface area (Å²) < 4.78 is 26.7. The molecule has 4 nitrogen and oxygen atoms in total. The summed E-state index contributed by atoms with van der Waals surface area (Å²) in [4.78, 5) is 1.14. The number of hydrogen-bond donors (Lipinski definition) is 1. The van der Waals surface area contributed by atoms with Gasteiger partial charge in [0.1, 0.15) is 0 Å². The highest BCUT2D eigenvalue weighted by atomic mass is 32.2. The molecule has 1 unspecified atom stereocenters. The largest absolute Gasteiger partial charge is 0.392 e. The zero-order chi connectivity index (χ0) is 14.8. The van der Waals surface area contributed by atoms with Gasteiger partial charge in [0.05, 0.1) is 17.5 Å². The first kappa shape index (κ1) is 15.2. The van der Waals surface area contributed by atoms with Gasteiger partial charge in [-0.15, -0.1) is 11.3 Å². The quantitative estimate of drug-likeness (QED) is 0.923. The van der Waals surface area contributed by atoms with Crippen LogP contribution in [0.15, 0.2) is 46.7 Å². The van der Waals surface area contributed by atoms with Crippen molar-refractivity contribution in [2.45, 2.75) is 24.5 Å². The third-order valence-electron chi connectivity index (χ3n) is 3.30. The maximum Gasteiger partial charge on any atom is 0.243 e. The van der Waals surface area contributed by atoms with Crippen LogP contribution in [0.5, 0.6) is 0 Å². The molecule has 1 aromatic carbocycles. The van der Waals surface area contributed by atoms with Crippen LogP contribution in [0.1, 0.15) is 23.4 Å². The Labute approximate surface area is 123 Å². The van der Waals surface area contributed by atoms with Gasteiger partial charge in [0.15, 0.2) is 0 Å². The molecule has 0 amide bonds. The molecular formula is C14H17NO3S2. The molecule has 2 rings (SSSR count). The van der Waals surface area contributed by atoms with Crippen LogP contribution in [0.3, 0.4) is 0 Å². The monoisotopic (exact) mass is 311 g/mol. The van der Waals surface area contributed by atoms with Gasteiger partial charge in [-0.3, -0.25) is 0 Å². The van der Waals surface area contributed by atoms with Crippen LogP contribution >= 0.6 is 11.3 Å². The van der Waals surface area contributed by atoms with Crippen LogP contribution < -0.4 is 0 Å². The third-order valence-corrected chi connectivity index (χ3v) is 6.37. The average molecular weight is 311 g/mol. The molecule has 20 heavy (non-hydrogen) atoms. The van der Waals surface area contributed by atoms with Gasteiger partial charge in [0.25, 0.3) is 0 Å². The van der Waals surface area contributed by atoms with Crippen molar-refractivity contribution in [3.8, 4) is 0 Å². The number of rotatable bonds is 5. The molecule has 1 aromatic heterocycles. The minimum atomic E-state index is -3.63. The van der Waals surface area contributed by atoms with Gasteiger partial charge in [0.2, 0.25) is 10.0 Å². The molecule has 0 fully saturated rings. The van der Waals surface area contributed by atoms with Gasteiger partial charge >= 0.3 is 0 Å². The average Bonchev–Trinajstić information content (AvgIpc) is 2.99. The maximum absolute atomic E-state index is 12.7. The van der Waals surface area contributed by atoms with E-state index in [4.69, 9.17) is 0 Å². The van der Waals surface area contributed by atoms with Crippen molar-refractivity contribution < 1.29 is 13.5 Å². The number of sulfonamides is 1. The topological polar surface area (TPSA) is 57.6 Å². The first-order chi connectivity index (χ1) is 9.48. The van der Waals surface area contributed by atoms with Crippen LogP contribution in [0.25, 0.3) is 0 Å². The fourth-order valence-corrected chi connectivity index (χ4v) is 4.41. The van der Waals surface area contributed by atoms with Crippen LogP contribution in [-0.2, 0) is 16.6 Å². The van der Waals surface area contributed by atoms with E-state index in [1.165, 1.54) is 21.7 Å². The van der Waals surface area contributed by atoms with E-state index in [1.807, 2.05) is 24.4 Å². The smallest absolute Gasteiger partial charge is 0.243 e. The Morgan fingerprint density at radius 1 is 1.25 bits per heavy atom. The summed E-state index contributed by atoms with van der Waals surface area (Å²) in [5.41, 5.74) is 0.415. The van der Waals surface area contributed by atoms with Crippen molar-refractivity contribution in [1.82, 2.24) is 4.31 Å². The van der Waals surface area contributed by atoms with E-state index in [1.54, 1.807) is 25.2 Å². The Morgan fingerprint density at radius 3 is 2.55 bits per heavy atom. The lowest BCUT2D eigenvalue weighted by Gasteiger charge is -2.24. The minimum Gasteiger partial charge on any atom is -0.392 e. The van der Waals surface area contributed by atoms with Gasteiger partial charge in [-0.2, -0.15) is 4.31 Å². The summed E-state index contributed by atoms with van der Waals surface area (Å²) in [6, 6.07) is 10.1. The van der Waals surface area contributed by atoms with Crippen LogP contribution in [-0.4, -0.2) is 24.9 Å². The number of hydrogen-bond acceptors (Lipinski definition) is 4. The van der Waals surface area contributed by atoms with Gasteiger partial charge in [0, 0.05) is 11.9 Å². The third kappa shape index (κ3) is 2.78. The van der Waals surface area contributed by atoms with E-state index >= 15 is 0 Å². The molecule has 0 aliphatic heterocycles. The number of nitrogens with zero attached hydrogens (tertiary/aromatic N) is 1. The minimum absolute atomic E-state index is 0.161. The van der Waals surface area contributed by atoms with E-state index in [0.29, 0.717) is 5.56 Å². The summed E-state index contributed by atoms with van der Waals surface area (Å²) in [5, 5.41) is 11.2. The molecule has 0 bridgehead atoms. The van der Waals surface area contributed by atoms with Crippen LogP contribution in [0, 0.1) is 0 Å². The molecule has 1 heterocycles. The van der Waals surface area contributed by atoms with Gasteiger partial charge < -0.3 is 5.11 Å². The van der Waals surface area contributed by atoms with Crippen molar-refractivity contribution in [2.75, 3.05) is 7.05 Å². The molecule has 0 saturated carbocycles. The van der Waals surface area contributed by atoms with Crippen molar-refractivity contribution >= 4 is 21.4 Å². The zero-order valence-corrected chi connectivity index (χ0v) is 13.0. The molecule has 6 heteroatoms. The molecule has 0 saturated heterocycles. The molecule has 1 atom stereocenters. The standard InChI is InChI=1S/C14H17NO3S2/c1-11(13-7-5-9-19-13)15(2)20(17,18)14-8-4-3-6-12(14)10-16/h3-9,11,16H,10H2,1-2H3.